The van der Waals surface area contributed by atoms with Crippen molar-refractivity contribution in [2.24, 2.45) is 0 Å². The number of H-pyrrole nitrogens is 1. The third kappa shape index (κ3) is 4.55. The van der Waals surface area contributed by atoms with Gasteiger partial charge in [0.15, 0.2) is 0 Å². The molecule has 0 radical (unpaired) electrons. The maximum absolute atomic E-state index is 13.0. The highest BCUT2D eigenvalue weighted by Crippen LogP contribution is 2.44. The summed E-state index contributed by atoms with van der Waals surface area (Å²) in [7, 11) is 0. The van der Waals surface area contributed by atoms with Crippen LogP contribution in [0.15, 0.2) is 48.7 Å². The number of aromatic amines is 1. The lowest BCUT2D eigenvalue weighted by molar-refractivity contribution is -0.0964. The fourth-order valence-electron chi connectivity index (χ4n) is 3.99. The van der Waals surface area contributed by atoms with Crippen LogP contribution in [0.5, 0.6) is 5.75 Å². The van der Waals surface area contributed by atoms with Crippen molar-refractivity contribution < 1.29 is 18.3 Å². The molecule has 0 saturated heterocycles. The molecule has 0 fully saturated rings. The fraction of sp³-hybridized carbons (Fsp3) is 0.304. The highest BCUT2D eigenvalue weighted by Gasteiger charge is 2.32. The van der Waals surface area contributed by atoms with Crippen LogP contribution in [-0.2, 0) is 0 Å². The molecule has 1 aliphatic rings. The first-order valence-electron chi connectivity index (χ1n) is 10.2. The highest BCUT2D eigenvalue weighted by molar-refractivity contribution is 6.20. The standard InChI is InChI=1S/C23H23ClF2N4O2/c1-13(2)30-12-14(3)18-10-15(11-19(21(18)30)20-8-9-27-29-20)22(31)28-16-4-6-17(7-5-16)32-23(24,25)26/h4-11,13-14H,12H2,1-3H3,(H,27,29)(H,28,31). The van der Waals surface area contributed by atoms with E-state index in [0.29, 0.717) is 17.3 Å². The normalized spacial score (nSPS) is 15.7. The molecule has 0 bridgehead atoms. The summed E-state index contributed by atoms with van der Waals surface area (Å²) in [6.45, 7) is 7.30. The van der Waals surface area contributed by atoms with Crippen LogP contribution in [0.4, 0.5) is 20.2 Å². The minimum atomic E-state index is -3.79. The predicted molar refractivity (Wildman–Crippen MR) is 121 cm³/mol. The number of alkyl halides is 3. The Morgan fingerprint density at radius 2 is 2.00 bits per heavy atom. The van der Waals surface area contributed by atoms with Gasteiger partial charge in [0.25, 0.3) is 5.91 Å². The Morgan fingerprint density at radius 3 is 2.59 bits per heavy atom. The van der Waals surface area contributed by atoms with Crippen molar-refractivity contribution in [2.45, 2.75) is 38.3 Å². The second-order valence-electron chi connectivity index (χ2n) is 8.11. The molecular formula is C23H23ClF2N4O2. The summed E-state index contributed by atoms with van der Waals surface area (Å²) in [5, 5.41) is 9.88. The predicted octanol–water partition coefficient (Wildman–Crippen LogP) is 5.83. The minimum absolute atomic E-state index is 0.107. The van der Waals surface area contributed by atoms with Crippen LogP contribution in [-0.4, -0.2) is 34.3 Å². The summed E-state index contributed by atoms with van der Waals surface area (Å²) in [6.07, 6.45) is 1.68. The van der Waals surface area contributed by atoms with Crippen LogP contribution >= 0.6 is 11.6 Å². The number of anilines is 2. The summed E-state index contributed by atoms with van der Waals surface area (Å²) >= 11 is 4.78. The summed E-state index contributed by atoms with van der Waals surface area (Å²) in [5.41, 5.74) is 1.11. The molecule has 0 aliphatic carbocycles. The van der Waals surface area contributed by atoms with E-state index >= 15 is 0 Å². The van der Waals surface area contributed by atoms with Crippen LogP contribution in [0.25, 0.3) is 11.3 Å². The van der Waals surface area contributed by atoms with Gasteiger partial charge >= 0.3 is 5.57 Å². The van der Waals surface area contributed by atoms with Gasteiger partial charge in [-0.15, -0.1) is 8.78 Å². The molecule has 168 valence electrons. The van der Waals surface area contributed by atoms with Crippen molar-refractivity contribution in [1.82, 2.24) is 10.2 Å². The number of ether oxygens (including phenoxy) is 1. The van der Waals surface area contributed by atoms with Crippen LogP contribution in [0.2, 0.25) is 0 Å². The van der Waals surface area contributed by atoms with Gasteiger partial charge in [-0.3, -0.25) is 9.89 Å². The molecule has 1 amide bonds. The lowest BCUT2D eigenvalue weighted by Crippen LogP contribution is -2.29. The Balaban J connectivity index is 1.65. The van der Waals surface area contributed by atoms with E-state index in [1.165, 1.54) is 24.3 Å². The first-order valence-corrected chi connectivity index (χ1v) is 10.6. The van der Waals surface area contributed by atoms with Gasteiger partial charge in [-0.05, 0) is 61.9 Å². The molecule has 6 nitrogen and oxygen atoms in total. The third-order valence-corrected chi connectivity index (χ3v) is 5.53. The van der Waals surface area contributed by atoms with Gasteiger partial charge in [0.1, 0.15) is 5.75 Å². The number of hydrogen-bond donors (Lipinski definition) is 2. The molecule has 0 spiro atoms. The van der Waals surface area contributed by atoms with Crippen LogP contribution < -0.4 is 15.0 Å². The second-order valence-corrected chi connectivity index (χ2v) is 8.55. The number of nitrogens with one attached hydrogen (secondary N) is 2. The Kier molecular flexibility index (Phi) is 5.81. The number of aromatic nitrogens is 2. The number of amides is 1. The Bertz CT molecular complexity index is 1110. The molecule has 2 aromatic carbocycles. The number of halogens is 3. The molecule has 0 saturated carbocycles. The average Bonchev–Trinajstić information content (AvgIpc) is 3.36. The molecule has 1 unspecified atom stereocenters. The number of rotatable bonds is 6. The molecule has 4 rings (SSSR count). The lowest BCUT2D eigenvalue weighted by atomic mass is 9.95. The number of carbonyl (C=O) groups is 1. The molecule has 2 heterocycles. The van der Waals surface area contributed by atoms with E-state index in [-0.39, 0.29) is 17.6 Å². The first kappa shape index (κ1) is 22.1. The van der Waals surface area contributed by atoms with E-state index in [9.17, 15) is 13.6 Å². The van der Waals surface area contributed by atoms with Crippen molar-refractivity contribution in [3.63, 3.8) is 0 Å². The molecule has 2 N–H and O–H groups in total. The van der Waals surface area contributed by atoms with Crippen molar-refractivity contribution >= 4 is 28.9 Å². The maximum atomic E-state index is 13.0. The third-order valence-electron chi connectivity index (χ3n) is 5.45. The zero-order valence-corrected chi connectivity index (χ0v) is 18.6. The monoisotopic (exact) mass is 460 g/mol. The SMILES string of the molecule is CC1CN(C(C)C)c2c(-c3ccn[nH]3)cc(C(=O)Nc3ccc(OC(F)(F)Cl)cc3)cc21. The summed E-state index contributed by atoms with van der Waals surface area (Å²) in [6, 6.07) is 11.5. The highest BCUT2D eigenvalue weighted by atomic mass is 35.5. The summed E-state index contributed by atoms with van der Waals surface area (Å²) in [4.78, 5) is 15.4. The quantitative estimate of drug-likeness (QED) is 0.454. The molecule has 1 aromatic heterocycles. The maximum Gasteiger partial charge on any atom is 0.487 e. The van der Waals surface area contributed by atoms with E-state index in [2.05, 4.69) is 45.9 Å². The molecule has 9 heteroatoms. The average molecular weight is 461 g/mol. The largest absolute Gasteiger partial charge is 0.487 e. The van der Waals surface area contributed by atoms with E-state index < -0.39 is 5.57 Å². The number of carbonyl (C=O) groups excluding carboxylic acids is 1. The molecule has 1 aliphatic heterocycles. The molecule has 1 atom stereocenters. The zero-order chi connectivity index (χ0) is 23.0. The van der Waals surface area contributed by atoms with Crippen molar-refractivity contribution in [3.8, 4) is 17.0 Å². The first-order chi connectivity index (χ1) is 15.1. The van der Waals surface area contributed by atoms with Gasteiger partial charge in [-0.25, -0.2) is 0 Å². The van der Waals surface area contributed by atoms with Crippen molar-refractivity contribution in [3.05, 3.63) is 59.8 Å². The molecule has 32 heavy (non-hydrogen) atoms. The van der Waals surface area contributed by atoms with E-state index in [4.69, 9.17) is 11.6 Å². The Hall–Kier alpha value is -3.13. The Morgan fingerprint density at radius 1 is 1.28 bits per heavy atom. The topological polar surface area (TPSA) is 70.2 Å². The number of nitrogens with zero attached hydrogens (tertiary/aromatic N) is 2. The number of hydrogen-bond acceptors (Lipinski definition) is 4. The van der Waals surface area contributed by atoms with Crippen LogP contribution in [0.3, 0.4) is 0 Å². The smallest absolute Gasteiger partial charge is 0.420 e. The Labute approximate surface area is 189 Å². The van der Waals surface area contributed by atoms with Crippen molar-refractivity contribution in [2.75, 3.05) is 16.8 Å². The zero-order valence-electron chi connectivity index (χ0n) is 17.8. The summed E-state index contributed by atoms with van der Waals surface area (Å²) in [5.74, 6) is -0.153. The van der Waals surface area contributed by atoms with Gasteiger partial charge in [0.05, 0.1) is 5.69 Å². The van der Waals surface area contributed by atoms with Gasteiger partial charge in [-0.1, -0.05) is 6.92 Å². The van der Waals surface area contributed by atoms with Gasteiger partial charge in [0.2, 0.25) is 0 Å². The number of fused-ring (bicyclic) bond motifs is 1. The summed E-state index contributed by atoms with van der Waals surface area (Å²) < 4.78 is 29.9. The van der Waals surface area contributed by atoms with E-state index in [0.717, 1.165) is 29.1 Å². The lowest BCUT2D eigenvalue weighted by Gasteiger charge is -2.26. The van der Waals surface area contributed by atoms with Crippen LogP contribution in [0, 0.1) is 0 Å². The fourth-order valence-corrected chi connectivity index (χ4v) is 4.08. The molecule has 3 aromatic rings. The van der Waals surface area contributed by atoms with Gasteiger partial charge in [0, 0.05) is 58.8 Å². The van der Waals surface area contributed by atoms with Gasteiger partial charge in [-0.2, -0.15) is 5.10 Å². The second kappa shape index (κ2) is 8.43. The van der Waals surface area contributed by atoms with E-state index in [1.807, 2.05) is 18.2 Å². The van der Waals surface area contributed by atoms with Crippen LogP contribution in [0.1, 0.15) is 42.6 Å². The minimum Gasteiger partial charge on any atom is -0.420 e. The van der Waals surface area contributed by atoms with Crippen molar-refractivity contribution in [1.29, 1.82) is 0 Å². The number of benzene rings is 2. The van der Waals surface area contributed by atoms with E-state index in [1.54, 1.807) is 6.20 Å². The molecular weight excluding hydrogens is 438 g/mol. The van der Waals surface area contributed by atoms with Gasteiger partial charge < -0.3 is 15.0 Å².